The molecule has 20 heavy (non-hydrogen) atoms. The van der Waals surface area contributed by atoms with Crippen molar-refractivity contribution in [3.63, 3.8) is 0 Å². The van der Waals surface area contributed by atoms with Crippen LogP contribution in [0.2, 0.25) is 0 Å². The molecule has 0 aliphatic carbocycles. The van der Waals surface area contributed by atoms with Gasteiger partial charge in [0.1, 0.15) is 11.4 Å². The third-order valence-electron chi connectivity index (χ3n) is 3.21. The Hall–Kier alpha value is -0.660. The van der Waals surface area contributed by atoms with Crippen LogP contribution >= 0.6 is 23.3 Å². The number of nitrogens with one attached hydrogen (secondary N) is 1. The molecule has 0 saturated heterocycles. The van der Waals surface area contributed by atoms with E-state index in [1.54, 1.807) is 11.8 Å². The van der Waals surface area contributed by atoms with Gasteiger partial charge in [-0.3, -0.25) is 4.79 Å². The second kappa shape index (κ2) is 8.59. The number of hydrogen-bond acceptors (Lipinski definition) is 6. The van der Waals surface area contributed by atoms with Crippen molar-refractivity contribution in [3.8, 4) is 0 Å². The van der Waals surface area contributed by atoms with E-state index in [0.717, 1.165) is 35.3 Å². The second-order valence-electron chi connectivity index (χ2n) is 4.73. The van der Waals surface area contributed by atoms with Crippen molar-refractivity contribution in [2.75, 3.05) is 12.3 Å². The van der Waals surface area contributed by atoms with E-state index in [-0.39, 0.29) is 0 Å². The van der Waals surface area contributed by atoms with Crippen molar-refractivity contribution in [2.24, 2.45) is 0 Å². The molecular formula is C13H23N3O2S2. The number of aromatic nitrogens is 2. The van der Waals surface area contributed by atoms with Crippen molar-refractivity contribution in [3.05, 3.63) is 5.82 Å². The zero-order valence-corrected chi connectivity index (χ0v) is 13.9. The summed E-state index contributed by atoms with van der Waals surface area (Å²) >= 11 is 3.06. The maximum atomic E-state index is 11.5. The summed E-state index contributed by atoms with van der Waals surface area (Å²) in [5.41, 5.74) is -0.784. The molecule has 0 amide bonds. The van der Waals surface area contributed by atoms with Crippen molar-refractivity contribution in [1.82, 2.24) is 14.7 Å². The molecule has 0 bridgehead atoms. The van der Waals surface area contributed by atoms with E-state index in [1.165, 1.54) is 11.5 Å². The fourth-order valence-electron chi connectivity index (χ4n) is 1.96. The number of carbonyl (C=O) groups is 1. The highest BCUT2D eigenvalue weighted by molar-refractivity contribution is 8.00. The van der Waals surface area contributed by atoms with Gasteiger partial charge in [0.15, 0.2) is 4.34 Å². The van der Waals surface area contributed by atoms with Crippen LogP contribution in [0.1, 0.15) is 45.4 Å². The van der Waals surface area contributed by atoms with E-state index >= 15 is 0 Å². The zero-order chi connectivity index (χ0) is 15.0. The van der Waals surface area contributed by atoms with Crippen LogP contribution in [-0.2, 0) is 4.79 Å². The van der Waals surface area contributed by atoms with Crippen LogP contribution < -0.4 is 5.32 Å². The minimum absolute atomic E-state index is 0.602. The number of nitrogens with zero attached hydrogens (tertiary/aromatic N) is 2. The molecule has 0 aliphatic heterocycles. The van der Waals surface area contributed by atoms with Gasteiger partial charge in [-0.2, -0.15) is 4.37 Å². The summed E-state index contributed by atoms with van der Waals surface area (Å²) in [6.45, 7) is 6.59. The number of aliphatic carboxylic acids is 1. The molecular weight excluding hydrogens is 294 g/mol. The minimum atomic E-state index is -0.784. The Bertz CT molecular complexity index is 426. The monoisotopic (exact) mass is 317 g/mol. The predicted molar refractivity (Wildman–Crippen MR) is 83.6 cm³/mol. The first-order chi connectivity index (χ1) is 9.54. The SMILES string of the molecule is CCCNC(CC)(CCCSc1nc(C)ns1)C(=O)O. The highest BCUT2D eigenvalue weighted by Gasteiger charge is 2.35. The van der Waals surface area contributed by atoms with Crippen LogP contribution in [0.4, 0.5) is 0 Å². The largest absolute Gasteiger partial charge is 0.480 e. The second-order valence-corrected chi connectivity index (χ2v) is 6.82. The summed E-state index contributed by atoms with van der Waals surface area (Å²) in [6.07, 6.45) is 3.03. The standard InChI is InChI=1S/C13H23N3O2S2/c1-4-8-14-13(5-2,11(17)18)7-6-9-19-12-15-10(3)16-20-12/h14H,4-9H2,1-3H3,(H,17,18). The third-order valence-corrected chi connectivity index (χ3v) is 5.22. The van der Waals surface area contributed by atoms with E-state index in [0.29, 0.717) is 12.8 Å². The van der Waals surface area contributed by atoms with Crippen LogP contribution in [0, 0.1) is 6.92 Å². The Labute approximate surface area is 128 Å². The molecule has 1 atom stereocenters. The molecule has 1 aromatic heterocycles. The number of carboxylic acids is 1. The van der Waals surface area contributed by atoms with Gasteiger partial charge in [0.05, 0.1) is 0 Å². The molecule has 1 unspecified atom stereocenters. The Balaban J connectivity index is 2.43. The molecule has 1 aromatic rings. The minimum Gasteiger partial charge on any atom is -0.480 e. The molecule has 1 heterocycles. The molecule has 1 rings (SSSR count). The van der Waals surface area contributed by atoms with Crippen LogP contribution in [0.15, 0.2) is 4.34 Å². The molecule has 0 aromatic carbocycles. The number of thioether (sulfide) groups is 1. The zero-order valence-electron chi connectivity index (χ0n) is 12.3. The number of hydrogen-bond donors (Lipinski definition) is 2. The summed E-state index contributed by atoms with van der Waals surface area (Å²) in [5.74, 6) is 0.929. The average Bonchev–Trinajstić information content (AvgIpc) is 2.84. The van der Waals surface area contributed by atoms with E-state index in [1.807, 2.05) is 20.8 Å². The van der Waals surface area contributed by atoms with Crippen LogP contribution in [-0.4, -0.2) is 38.3 Å². The lowest BCUT2D eigenvalue weighted by Gasteiger charge is -2.29. The summed E-state index contributed by atoms with van der Waals surface area (Å²) in [7, 11) is 0. The number of aryl methyl sites for hydroxylation is 1. The summed E-state index contributed by atoms with van der Waals surface area (Å²) in [4.78, 5) is 15.8. The molecule has 7 heteroatoms. The summed E-state index contributed by atoms with van der Waals surface area (Å²) in [6, 6.07) is 0. The molecule has 0 spiro atoms. The molecule has 0 fully saturated rings. The first-order valence-electron chi connectivity index (χ1n) is 6.95. The van der Waals surface area contributed by atoms with Gasteiger partial charge in [0.2, 0.25) is 0 Å². The summed E-state index contributed by atoms with van der Waals surface area (Å²) in [5, 5.41) is 12.7. The van der Waals surface area contributed by atoms with Crippen molar-refractivity contribution >= 4 is 29.3 Å². The van der Waals surface area contributed by atoms with Crippen molar-refractivity contribution in [2.45, 2.75) is 56.3 Å². The molecule has 0 aliphatic rings. The fourth-order valence-corrected chi connectivity index (χ4v) is 3.61. The summed E-state index contributed by atoms with van der Waals surface area (Å²) < 4.78 is 5.09. The van der Waals surface area contributed by atoms with E-state index in [2.05, 4.69) is 14.7 Å². The van der Waals surface area contributed by atoms with E-state index < -0.39 is 11.5 Å². The van der Waals surface area contributed by atoms with Crippen LogP contribution in [0.5, 0.6) is 0 Å². The van der Waals surface area contributed by atoms with Gasteiger partial charge in [-0.1, -0.05) is 25.6 Å². The van der Waals surface area contributed by atoms with Crippen molar-refractivity contribution < 1.29 is 9.90 Å². The van der Waals surface area contributed by atoms with Gasteiger partial charge in [-0.25, -0.2) is 4.98 Å². The van der Waals surface area contributed by atoms with Gasteiger partial charge in [0.25, 0.3) is 0 Å². The lowest BCUT2D eigenvalue weighted by atomic mass is 9.90. The quantitative estimate of drug-likeness (QED) is 0.510. The normalized spacial score (nSPS) is 14.2. The van der Waals surface area contributed by atoms with E-state index in [9.17, 15) is 9.90 Å². The molecule has 0 saturated carbocycles. The molecule has 0 radical (unpaired) electrons. The van der Waals surface area contributed by atoms with Gasteiger partial charge in [-0.05, 0) is 50.7 Å². The average molecular weight is 317 g/mol. The van der Waals surface area contributed by atoms with Crippen LogP contribution in [0.25, 0.3) is 0 Å². The van der Waals surface area contributed by atoms with Gasteiger partial charge < -0.3 is 10.4 Å². The maximum Gasteiger partial charge on any atom is 0.323 e. The van der Waals surface area contributed by atoms with E-state index in [4.69, 9.17) is 0 Å². The van der Waals surface area contributed by atoms with Gasteiger partial charge in [-0.15, -0.1) is 0 Å². The predicted octanol–water partition coefficient (Wildman–Crippen LogP) is 2.95. The lowest BCUT2D eigenvalue weighted by molar-refractivity contribution is -0.145. The Morgan fingerprint density at radius 2 is 2.25 bits per heavy atom. The smallest absolute Gasteiger partial charge is 0.323 e. The molecule has 2 N–H and O–H groups in total. The van der Waals surface area contributed by atoms with Crippen molar-refractivity contribution in [1.29, 1.82) is 0 Å². The Kier molecular flexibility index (Phi) is 7.47. The lowest BCUT2D eigenvalue weighted by Crippen LogP contribution is -2.52. The van der Waals surface area contributed by atoms with Crippen LogP contribution in [0.3, 0.4) is 0 Å². The highest BCUT2D eigenvalue weighted by Crippen LogP contribution is 2.24. The van der Waals surface area contributed by atoms with Gasteiger partial charge >= 0.3 is 5.97 Å². The van der Waals surface area contributed by atoms with Gasteiger partial charge in [0, 0.05) is 5.75 Å². The topological polar surface area (TPSA) is 75.1 Å². The number of rotatable bonds is 10. The first kappa shape index (κ1) is 17.4. The highest BCUT2D eigenvalue weighted by atomic mass is 32.2. The Morgan fingerprint density at radius 3 is 2.75 bits per heavy atom. The third kappa shape index (κ3) is 5.03. The first-order valence-corrected chi connectivity index (χ1v) is 8.71. The fraction of sp³-hybridized carbons (Fsp3) is 0.769. The molecule has 5 nitrogen and oxygen atoms in total. The Morgan fingerprint density at radius 1 is 1.50 bits per heavy atom. The molecule has 114 valence electrons. The number of carboxylic acid groups (broad SMARTS) is 1. The maximum absolute atomic E-state index is 11.5.